The number of alkyl halides is 2. The highest BCUT2D eigenvalue weighted by Gasteiger charge is 2.15. The molecule has 0 amide bonds. The Morgan fingerprint density at radius 2 is 2.19 bits per heavy atom. The van der Waals surface area contributed by atoms with Crippen LogP contribution in [-0.4, -0.2) is 41.1 Å². The molecule has 1 aromatic heterocycles. The largest absolute Gasteiger partial charge is 0.444 e. The van der Waals surface area contributed by atoms with Gasteiger partial charge in [-0.05, 0) is 18.2 Å². The van der Waals surface area contributed by atoms with Gasteiger partial charge in [0.25, 0.3) is 6.43 Å². The molecule has 1 aromatic carbocycles. The zero-order chi connectivity index (χ0) is 15.2. The van der Waals surface area contributed by atoms with Gasteiger partial charge in [-0.3, -0.25) is 4.90 Å². The first-order valence-corrected chi connectivity index (χ1v) is 6.78. The van der Waals surface area contributed by atoms with E-state index in [1.807, 2.05) is 0 Å². The van der Waals surface area contributed by atoms with E-state index >= 15 is 0 Å². The molecule has 0 aliphatic rings. The van der Waals surface area contributed by atoms with Gasteiger partial charge in [-0.1, -0.05) is 17.7 Å². The van der Waals surface area contributed by atoms with Crippen molar-refractivity contribution in [3.05, 3.63) is 41.2 Å². The molecule has 0 bridgehead atoms. The Kier molecular flexibility index (Phi) is 5.67. The molecule has 2 aromatic rings. The minimum atomic E-state index is -2.46. The van der Waals surface area contributed by atoms with Crippen LogP contribution in [0.1, 0.15) is 5.69 Å². The lowest BCUT2D eigenvalue weighted by atomic mass is 10.2. The van der Waals surface area contributed by atoms with Gasteiger partial charge in [0.05, 0.1) is 18.8 Å². The van der Waals surface area contributed by atoms with Crippen molar-refractivity contribution in [1.29, 1.82) is 0 Å². The number of hydrogen-bond acceptors (Lipinski definition) is 4. The van der Waals surface area contributed by atoms with Gasteiger partial charge in [-0.25, -0.2) is 13.8 Å². The van der Waals surface area contributed by atoms with Gasteiger partial charge in [0.1, 0.15) is 6.26 Å². The molecule has 0 aliphatic carbocycles. The molecule has 7 heteroatoms. The highest BCUT2D eigenvalue weighted by Crippen LogP contribution is 2.22. The van der Waals surface area contributed by atoms with Crippen molar-refractivity contribution in [1.82, 2.24) is 9.88 Å². The number of rotatable bonds is 7. The summed E-state index contributed by atoms with van der Waals surface area (Å²) in [4.78, 5) is 5.68. The van der Waals surface area contributed by atoms with Crippen molar-refractivity contribution in [2.45, 2.75) is 13.0 Å². The molecule has 1 N–H and O–H groups in total. The highest BCUT2D eigenvalue weighted by molar-refractivity contribution is 6.30. The van der Waals surface area contributed by atoms with Crippen molar-refractivity contribution in [2.24, 2.45) is 0 Å². The molecule has 0 spiro atoms. The lowest BCUT2D eigenvalue weighted by Gasteiger charge is -2.18. The first-order valence-electron chi connectivity index (χ1n) is 6.40. The number of aromatic nitrogens is 1. The first-order chi connectivity index (χ1) is 10.1. The van der Waals surface area contributed by atoms with Gasteiger partial charge < -0.3 is 9.52 Å². The zero-order valence-electron chi connectivity index (χ0n) is 11.2. The van der Waals surface area contributed by atoms with Crippen LogP contribution in [0.15, 0.2) is 34.9 Å². The Hall–Kier alpha value is -1.50. The Labute approximate surface area is 126 Å². The normalized spacial score (nSPS) is 11.5. The fraction of sp³-hybridized carbons (Fsp3) is 0.357. The molecule has 0 unspecified atom stereocenters. The number of nitrogens with zero attached hydrogens (tertiary/aromatic N) is 2. The van der Waals surface area contributed by atoms with Crippen LogP contribution < -0.4 is 0 Å². The third kappa shape index (κ3) is 4.77. The molecule has 0 atom stereocenters. The van der Waals surface area contributed by atoms with Crippen LogP contribution in [0.2, 0.25) is 5.02 Å². The molecule has 4 nitrogen and oxygen atoms in total. The second-order valence-electron chi connectivity index (χ2n) is 4.50. The second-order valence-corrected chi connectivity index (χ2v) is 4.94. The Balaban J connectivity index is 2.08. The summed E-state index contributed by atoms with van der Waals surface area (Å²) in [5.41, 5.74) is 1.25. The van der Waals surface area contributed by atoms with E-state index in [1.165, 1.54) is 11.2 Å². The van der Waals surface area contributed by atoms with Gasteiger partial charge in [-0.2, -0.15) is 0 Å². The van der Waals surface area contributed by atoms with Crippen LogP contribution in [0, 0.1) is 0 Å². The number of hydrogen-bond donors (Lipinski definition) is 1. The predicted molar refractivity (Wildman–Crippen MR) is 75.3 cm³/mol. The zero-order valence-corrected chi connectivity index (χ0v) is 11.9. The van der Waals surface area contributed by atoms with E-state index in [2.05, 4.69) is 4.98 Å². The lowest BCUT2D eigenvalue weighted by molar-refractivity contribution is 0.0740. The maximum Gasteiger partial charge on any atom is 0.251 e. The molecule has 0 saturated carbocycles. The minimum absolute atomic E-state index is 0.156. The fourth-order valence-corrected chi connectivity index (χ4v) is 2.12. The minimum Gasteiger partial charge on any atom is -0.444 e. The van der Waals surface area contributed by atoms with E-state index in [0.29, 0.717) is 16.6 Å². The number of aliphatic hydroxyl groups is 1. The van der Waals surface area contributed by atoms with Gasteiger partial charge >= 0.3 is 0 Å². The Morgan fingerprint density at radius 1 is 1.38 bits per heavy atom. The summed E-state index contributed by atoms with van der Waals surface area (Å²) in [6.45, 7) is -0.260. The van der Waals surface area contributed by atoms with Gasteiger partial charge in [0.2, 0.25) is 5.89 Å². The molecule has 0 aliphatic heterocycles. The average molecular weight is 317 g/mol. The number of benzene rings is 1. The lowest BCUT2D eigenvalue weighted by Crippen LogP contribution is -2.31. The van der Waals surface area contributed by atoms with Crippen molar-refractivity contribution >= 4 is 11.6 Å². The standard InChI is InChI=1S/C14H15ClF2N2O2/c15-11-3-1-2-10(6-11)14-18-12(9-21-14)7-19(4-5-20)8-13(16)17/h1-3,6,9,13,20H,4-5,7-8H2. The SMILES string of the molecule is OCCN(Cc1coc(-c2cccc(Cl)c2)n1)CC(F)F. The van der Waals surface area contributed by atoms with Crippen LogP contribution >= 0.6 is 11.6 Å². The van der Waals surface area contributed by atoms with Crippen LogP contribution in [0.3, 0.4) is 0 Å². The average Bonchev–Trinajstić information content (AvgIpc) is 2.87. The number of halogens is 3. The Morgan fingerprint density at radius 3 is 2.86 bits per heavy atom. The van der Waals surface area contributed by atoms with E-state index in [-0.39, 0.29) is 19.7 Å². The molecule has 2 rings (SSSR count). The third-order valence-electron chi connectivity index (χ3n) is 2.82. The monoisotopic (exact) mass is 316 g/mol. The topological polar surface area (TPSA) is 49.5 Å². The molecule has 21 heavy (non-hydrogen) atoms. The summed E-state index contributed by atoms with van der Waals surface area (Å²) in [5.74, 6) is 0.383. The summed E-state index contributed by atoms with van der Waals surface area (Å²) in [7, 11) is 0. The van der Waals surface area contributed by atoms with E-state index in [9.17, 15) is 8.78 Å². The predicted octanol–water partition coefficient (Wildman–Crippen LogP) is 3.05. The third-order valence-corrected chi connectivity index (χ3v) is 3.06. The number of oxazole rings is 1. The summed E-state index contributed by atoms with van der Waals surface area (Å²) < 4.78 is 30.2. The molecule has 114 valence electrons. The molecule has 1 heterocycles. The van der Waals surface area contributed by atoms with Gasteiger partial charge in [0, 0.05) is 23.7 Å². The van der Waals surface area contributed by atoms with Crippen LogP contribution in [-0.2, 0) is 6.54 Å². The fourth-order valence-electron chi connectivity index (χ4n) is 1.93. The first kappa shape index (κ1) is 15.9. The van der Waals surface area contributed by atoms with E-state index in [0.717, 1.165) is 5.56 Å². The maximum absolute atomic E-state index is 12.4. The summed E-state index contributed by atoms with van der Waals surface area (Å²) in [5, 5.41) is 9.46. The summed E-state index contributed by atoms with van der Waals surface area (Å²) >= 11 is 5.90. The van der Waals surface area contributed by atoms with Crippen molar-refractivity contribution < 1.29 is 18.3 Å². The summed E-state index contributed by atoms with van der Waals surface area (Å²) in [6.07, 6.45) is -1.04. The molecule has 0 saturated heterocycles. The number of aliphatic hydroxyl groups excluding tert-OH is 1. The van der Waals surface area contributed by atoms with E-state index in [1.54, 1.807) is 24.3 Å². The van der Waals surface area contributed by atoms with E-state index in [4.69, 9.17) is 21.1 Å². The van der Waals surface area contributed by atoms with Crippen LogP contribution in [0.5, 0.6) is 0 Å². The van der Waals surface area contributed by atoms with Crippen LogP contribution in [0.25, 0.3) is 11.5 Å². The highest BCUT2D eigenvalue weighted by atomic mass is 35.5. The quantitative estimate of drug-likeness (QED) is 0.853. The van der Waals surface area contributed by atoms with Crippen molar-refractivity contribution in [3.8, 4) is 11.5 Å². The van der Waals surface area contributed by atoms with Crippen molar-refractivity contribution in [2.75, 3.05) is 19.7 Å². The molecule has 0 radical (unpaired) electrons. The van der Waals surface area contributed by atoms with E-state index < -0.39 is 13.0 Å². The summed E-state index contributed by atoms with van der Waals surface area (Å²) in [6, 6.07) is 7.02. The molecule has 0 fully saturated rings. The van der Waals surface area contributed by atoms with Gasteiger partial charge in [-0.15, -0.1) is 0 Å². The van der Waals surface area contributed by atoms with Crippen LogP contribution in [0.4, 0.5) is 8.78 Å². The second kappa shape index (κ2) is 7.49. The molecular weight excluding hydrogens is 302 g/mol. The Bertz CT molecular complexity index is 578. The van der Waals surface area contributed by atoms with Crippen molar-refractivity contribution in [3.63, 3.8) is 0 Å². The smallest absolute Gasteiger partial charge is 0.251 e. The maximum atomic E-state index is 12.4. The molecular formula is C14H15ClF2N2O2. The van der Waals surface area contributed by atoms with Gasteiger partial charge in [0.15, 0.2) is 0 Å².